The van der Waals surface area contributed by atoms with Crippen LogP contribution in [0.1, 0.15) is 24.2 Å². The highest BCUT2D eigenvalue weighted by atomic mass is 16.5. The lowest BCUT2D eigenvalue weighted by atomic mass is 10.1. The molecule has 3 rings (SSSR count). The Balaban J connectivity index is 1.76. The van der Waals surface area contributed by atoms with Crippen molar-refractivity contribution in [2.75, 3.05) is 53.0 Å². The van der Waals surface area contributed by atoms with Gasteiger partial charge < -0.3 is 19.3 Å². The van der Waals surface area contributed by atoms with Crippen molar-refractivity contribution >= 4 is 11.8 Å². The van der Waals surface area contributed by atoms with E-state index in [1.807, 2.05) is 20.9 Å². The second kappa shape index (κ2) is 7.95. The fourth-order valence-corrected chi connectivity index (χ4v) is 3.52. The first-order chi connectivity index (χ1) is 12.5. The van der Waals surface area contributed by atoms with Gasteiger partial charge in [-0.3, -0.25) is 14.5 Å². The maximum Gasteiger partial charge on any atom is 0.254 e. The third-order valence-electron chi connectivity index (χ3n) is 4.95. The first-order valence-corrected chi connectivity index (χ1v) is 9.23. The van der Waals surface area contributed by atoms with Crippen LogP contribution in [0.5, 0.6) is 11.5 Å². The molecule has 7 heteroatoms. The highest BCUT2D eigenvalue weighted by Crippen LogP contribution is 2.29. The number of hydrogen-bond acceptors (Lipinski definition) is 5. The molecule has 1 aromatic carbocycles. The molecular weight excluding hydrogens is 334 g/mol. The average molecular weight is 361 g/mol. The molecule has 0 aliphatic carbocycles. The number of benzene rings is 1. The van der Waals surface area contributed by atoms with Crippen molar-refractivity contribution in [3.63, 3.8) is 0 Å². The summed E-state index contributed by atoms with van der Waals surface area (Å²) in [4.78, 5) is 31.1. The predicted molar refractivity (Wildman–Crippen MR) is 97.7 cm³/mol. The minimum Gasteiger partial charge on any atom is -0.490 e. The van der Waals surface area contributed by atoms with E-state index in [1.165, 1.54) is 0 Å². The highest BCUT2D eigenvalue weighted by Gasteiger charge is 2.38. The summed E-state index contributed by atoms with van der Waals surface area (Å²) < 4.78 is 11.2. The number of ether oxygens (including phenoxy) is 2. The van der Waals surface area contributed by atoms with Gasteiger partial charge in [0.25, 0.3) is 5.91 Å². The van der Waals surface area contributed by atoms with Crippen LogP contribution in [-0.4, -0.2) is 85.5 Å². The molecule has 0 saturated carbocycles. The number of rotatable bonds is 5. The molecular formula is C19H27N3O4. The molecule has 2 aliphatic heterocycles. The summed E-state index contributed by atoms with van der Waals surface area (Å²) in [5.41, 5.74) is 0.557. The Bertz CT molecular complexity index is 679. The molecule has 0 bridgehead atoms. The number of nitrogens with zero attached hydrogens (tertiary/aromatic N) is 3. The second-order valence-corrected chi connectivity index (χ2v) is 6.59. The number of fused-ring (bicyclic) bond motifs is 1. The summed E-state index contributed by atoms with van der Waals surface area (Å²) >= 11 is 0. The van der Waals surface area contributed by atoms with Crippen LogP contribution in [0.25, 0.3) is 0 Å². The summed E-state index contributed by atoms with van der Waals surface area (Å²) in [6, 6.07) is 5.03. The van der Waals surface area contributed by atoms with Gasteiger partial charge in [-0.25, -0.2) is 0 Å². The van der Waals surface area contributed by atoms with Gasteiger partial charge in [0, 0.05) is 45.3 Å². The molecule has 1 atom stereocenters. The van der Waals surface area contributed by atoms with Crippen molar-refractivity contribution in [3.05, 3.63) is 23.8 Å². The number of carbonyl (C=O) groups excluding carboxylic acids is 2. The van der Waals surface area contributed by atoms with E-state index in [0.29, 0.717) is 43.4 Å². The summed E-state index contributed by atoms with van der Waals surface area (Å²) in [5, 5.41) is 0. The van der Waals surface area contributed by atoms with Crippen LogP contribution in [-0.2, 0) is 4.79 Å². The maximum absolute atomic E-state index is 13.0. The van der Waals surface area contributed by atoms with Crippen molar-refractivity contribution < 1.29 is 19.1 Å². The third-order valence-corrected chi connectivity index (χ3v) is 4.95. The summed E-state index contributed by atoms with van der Waals surface area (Å²) in [5.74, 6) is 1.23. The maximum atomic E-state index is 13.0. The molecule has 1 unspecified atom stereocenters. The van der Waals surface area contributed by atoms with E-state index < -0.39 is 0 Å². The molecule has 1 aromatic rings. The molecule has 0 spiro atoms. The Kier molecular flexibility index (Phi) is 5.66. The zero-order valence-corrected chi connectivity index (χ0v) is 15.7. The minimum atomic E-state index is -0.236. The van der Waals surface area contributed by atoms with Crippen molar-refractivity contribution in [1.29, 1.82) is 0 Å². The third kappa shape index (κ3) is 3.62. The van der Waals surface area contributed by atoms with E-state index in [4.69, 9.17) is 9.47 Å². The number of amides is 2. The normalized spacial score (nSPS) is 20.7. The van der Waals surface area contributed by atoms with Gasteiger partial charge in [-0.1, -0.05) is 0 Å². The minimum absolute atomic E-state index is 0.0744. The SMILES string of the molecule is CCOc1ccc(C(=O)N2CCN3CCN(C)C(=O)C3C2)cc1OCC. The van der Waals surface area contributed by atoms with E-state index in [9.17, 15) is 9.59 Å². The Morgan fingerprint density at radius 1 is 1.08 bits per heavy atom. The van der Waals surface area contributed by atoms with E-state index in [2.05, 4.69) is 4.90 Å². The van der Waals surface area contributed by atoms with Crippen molar-refractivity contribution in [1.82, 2.24) is 14.7 Å². The number of likely N-dealkylation sites (N-methyl/N-ethyl adjacent to an activating group) is 1. The van der Waals surface area contributed by atoms with Gasteiger partial charge >= 0.3 is 0 Å². The molecule has 2 saturated heterocycles. The van der Waals surface area contributed by atoms with Crippen LogP contribution in [0.4, 0.5) is 0 Å². The van der Waals surface area contributed by atoms with Crippen molar-refractivity contribution in [2.24, 2.45) is 0 Å². The average Bonchev–Trinajstić information content (AvgIpc) is 2.66. The first-order valence-electron chi connectivity index (χ1n) is 9.23. The van der Waals surface area contributed by atoms with E-state index >= 15 is 0 Å². The lowest BCUT2D eigenvalue weighted by Gasteiger charge is -2.45. The highest BCUT2D eigenvalue weighted by molar-refractivity contribution is 5.95. The van der Waals surface area contributed by atoms with Crippen molar-refractivity contribution in [2.45, 2.75) is 19.9 Å². The Morgan fingerprint density at radius 2 is 1.77 bits per heavy atom. The summed E-state index contributed by atoms with van der Waals surface area (Å²) in [6.45, 7) is 8.24. The molecule has 0 aromatic heterocycles. The van der Waals surface area contributed by atoms with Crippen LogP contribution in [0, 0.1) is 0 Å². The quantitative estimate of drug-likeness (QED) is 0.785. The van der Waals surface area contributed by atoms with Crippen LogP contribution < -0.4 is 9.47 Å². The zero-order valence-electron chi connectivity index (χ0n) is 15.7. The van der Waals surface area contributed by atoms with Gasteiger partial charge in [0.1, 0.15) is 6.04 Å². The predicted octanol–water partition coefficient (Wildman–Crippen LogP) is 1.08. The lowest BCUT2D eigenvalue weighted by Crippen LogP contribution is -2.64. The van der Waals surface area contributed by atoms with Gasteiger partial charge in [0.15, 0.2) is 11.5 Å². The molecule has 26 heavy (non-hydrogen) atoms. The number of hydrogen-bond donors (Lipinski definition) is 0. The second-order valence-electron chi connectivity index (χ2n) is 6.59. The fraction of sp³-hybridized carbons (Fsp3) is 0.579. The van der Waals surface area contributed by atoms with Gasteiger partial charge in [-0.15, -0.1) is 0 Å². The molecule has 2 aliphatic rings. The molecule has 0 radical (unpaired) electrons. The first kappa shape index (κ1) is 18.5. The van der Waals surface area contributed by atoms with E-state index in [-0.39, 0.29) is 17.9 Å². The molecule has 2 amide bonds. The monoisotopic (exact) mass is 361 g/mol. The van der Waals surface area contributed by atoms with Crippen LogP contribution >= 0.6 is 0 Å². The molecule has 7 nitrogen and oxygen atoms in total. The molecule has 2 fully saturated rings. The van der Waals surface area contributed by atoms with E-state index in [1.54, 1.807) is 28.0 Å². The zero-order chi connectivity index (χ0) is 18.7. The standard InChI is InChI=1S/C19H27N3O4/c1-4-25-16-7-6-14(12-17(16)26-5-2)18(23)22-11-10-21-9-8-20(3)19(24)15(21)13-22/h6-7,12,15H,4-5,8-11,13H2,1-3H3. The lowest BCUT2D eigenvalue weighted by molar-refractivity contribution is -0.142. The smallest absolute Gasteiger partial charge is 0.254 e. The Hall–Kier alpha value is -2.28. The van der Waals surface area contributed by atoms with Crippen LogP contribution in [0.3, 0.4) is 0 Å². The number of carbonyl (C=O) groups is 2. The van der Waals surface area contributed by atoms with E-state index in [0.717, 1.165) is 19.6 Å². The summed E-state index contributed by atoms with van der Waals surface area (Å²) in [6.07, 6.45) is 0. The topological polar surface area (TPSA) is 62.3 Å². The van der Waals surface area contributed by atoms with Gasteiger partial charge in [0.2, 0.25) is 5.91 Å². The molecule has 2 heterocycles. The Morgan fingerprint density at radius 3 is 2.50 bits per heavy atom. The van der Waals surface area contributed by atoms with Gasteiger partial charge in [-0.05, 0) is 32.0 Å². The largest absolute Gasteiger partial charge is 0.490 e. The van der Waals surface area contributed by atoms with Crippen molar-refractivity contribution in [3.8, 4) is 11.5 Å². The van der Waals surface area contributed by atoms with Gasteiger partial charge in [-0.2, -0.15) is 0 Å². The van der Waals surface area contributed by atoms with Crippen LogP contribution in [0.15, 0.2) is 18.2 Å². The molecule has 142 valence electrons. The number of piperazine rings is 2. The van der Waals surface area contributed by atoms with Crippen LogP contribution in [0.2, 0.25) is 0 Å². The fourth-order valence-electron chi connectivity index (χ4n) is 3.52. The Labute approximate surface area is 154 Å². The van der Waals surface area contributed by atoms with Gasteiger partial charge in [0.05, 0.1) is 13.2 Å². The summed E-state index contributed by atoms with van der Waals surface area (Å²) in [7, 11) is 1.82. The molecule has 0 N–H and O–H groups in total.